The number of nitrogens with one attached hydrogen (secondary N) is 1. The van der Waals surface area contributed by atoms with Gasteiger partial charge in [0.15, 0.2) is 5.84 Å². The topological polar surface area (TPSA) is 101 Å². The lowest BCUT2D eigenvalue weighted by Crippen LogP contribution is -2.35. The van der Waals surface area contributed by atoms with E-state index in [0.717, 1.165) is 0 Å². The molecule has 0 bridgehead atoms. The number of pyridine rings is 1. The zero-order chi connectivity index (χ0) is 14.9. The van der Waals surface area contributed by atoms with Gasteiger partial charge in [-0.3, -0.25) is 14.8 Å². The molecule has 7 heteroatoms. The molecule has 1 aliphatic heterocycles. The van der Waals surface area contributed by atoms with Gasteiger partial charge in [0.05, 0.1) is 12.2 Å². The smallest absolute Gasteiger partial charge is 0.338 e. The highest BCUT2D eigenvalue weighted by atomic mass is 16.5. The van der Waals surface area contributed by atoms with Gasteiger partial charge in [0.1, 0.15) is 11.2 Å². The lowest BCUT2D eigenvalue weighted by atomic mass is 10.1. The number of hydrogen-bond acceptors (Lipinski definition) is 5. The van der Waals surface area contributed by atoms with Gasteiger partial charge in [0.2, 0.25) is 0 Å². The molecule has 1 aliphatic rings. The summed E-state index contributed by atoms with van der Waals surface area (Å²) in [6.45, 7) is 3.56. The molecule has 20 heavy (non-hydrogen) atoms. The summed E-state index contributed by atoms with van der Waals surface area (Å²) >= 11 is 0. The zero-order valence-corrected chi connectivity index (χ0v) is 11.4. The molecule has 0 saturated carbocycles. The standard InChI is InChI=1S/C13H15N3O4/c1-13(2)12(19)15-10(16-13)9-8(11(17)18)4-7(5-14-9)6-20-3/h4-5H,6H2,1-3H3,(H,17,18)(H,15,16,19). The molecule has 0 atom stereocenters. The number of aliphatic imine (C=N–C) groups is 1. The number of carboxylic acids is 1. The number of nitrogens with zero attached hydrogens (tertiary/aromatic N) is 2. The molecule has 0 radical (unpaired) electrons. The third-order valence-electron chi connectivity index (χ3n) is 2.89. The minimum Gasteiger partial charge on any atom is -0.478 e. The van der Waals surface area contributed by atoms with Gasteiger partial charge in [0, 0.05) is 13.3 Å². The van der Waals surface area contributed by atoms with E-state index in [4.69, 9.17) is 4.74 Å². The molecule has 2 heterocycles. The maximum atomic E-state index is 11.7. The Morgan fingerprint density at radius 3 is 2.70 bits per heavy atom. The summed E-state index contributed by atoms with van der Waals surface area (Å²) in [5.74, 6) is -1.24. The summed E-state index contributed by atoms with van der Waals surface area (Å²) in [5.41, 5.74) is -0.150. The minimum absolute atomic E-state index is 0.0173. The van der Waals surface area contributed by atoms with Gasteiger partial charge < -0.3 is 15.2 Å². The van der Waals surface area contributed by atoms with Crippen molar-refractivity contribution in [1.29, 1.82) is 0 Å². The fourth-order valence-electron chi connectivity index (χ4n) is 1.84. The van der Waals surface area contributed by atoms with Crippen LogP contribution in [0.2, 0.25) is 0 Å². The number of amidine groups is 1. The van der Waals surface area contributed by atoms with Crippen LogP contribution < -0.4 is 5.32 Å². The number of ether oxygens (including phenoxy) is 1. The van der Waals surface area contributed by atoms with Crippen LogP contribution in [0.1, 0.15) is 35.5 Å². The average Bonchev–Trinajstić information content (AvgIpc) is 2.64. The third-order valence-corrected chi connectivity index (χ3v) is 2.89. The lowest BCUT2D eigenvalue weighted by molar-refractivity contribution is -0.122. The first-order chi connectivity index (χ1) is 9.35. The van der Waals surface area contributed by atoms with E-state index in [-0.39, 0.29) is 29.6 Å². The summed E-state index contributed by atoms with van der Waals surface area (Å²) in [6.07, 6.45) is 1.51. The van der Waals surface area contributed by atoms with Crippen molar-refractivity contribution in [2.75, 3.05) is 7.11 Å². The van der Waals surface area contributed by atoms with E-state index in [9.17, 15) is 14.7 Å². The number of aromatic carboxylic acids is 1. The summed E-state index contributed by atoms with van der Waals surface area (Å²) in [7, 11) is 1.51. The predicted octanol–water partition coefficient (Wildman–Crippen LogP) is 0.581. The molecule has 0 saturated heterocycles. The van der Waals surface area contributed by atoms with Crippen LogP contribution in [0.5, 0.6) is 0 Å². The average molecular weight is 277 g/mol. The molecule has 1 aromatic rings. The minimum atomic E-state index is -1.13. The van der Waals surface area contributed by atoms with Crippen molar-refractivity contribution in [3.05, 3.63) is 29.1 Å². The first-order valence-electron chi connectivity index (χ1n) is 5.98. The SMILES string of the molecule is COCc1cnc(C2=NC(C)(C)C(=O)N2)c(C(=O)O)c1. The molecule has 0 spiro atoms. The second kappa shape index (κ2) is 5.01. The van der Waals surface area contributed by atoms with Crippen LogP contribution >= 0.6 is 0 Å². The van der Waals surface area contributed by atoms with Gasteiger partial charge in [-0.25, -0.2) is 4.79 Å². The van der Waals surface area contributed by atoms with Crippen LogP contribution in [-0.2, 0) is 16.1 Å². The maximum absolute atomic E-state index is 11.7. The van der Waals surface area contributed by atoms with Crippen LogP contribution in [-0.4, -0.2) is 40.5 Å². The van der Waals surface area contributed by atoms with E-state index in [0.29, 0.717) is 5.56 Å². The van der Waals surface area contributed by atoms with Crippen LogP contribution in [0.3, 0.4) is 0 Å². The molecule has 7 nitrogen and oxygen atoms in total. The monoisotopic (exact) mass is 277 g/mol. The van der Waals surface area contributed by atoms with E-state index >= 15 is 0 Å². The number of amides is 1. The molecule has 2 rings (SSSR count). The summed E-state index contributed by atoms with van der Waals surface area (Å²) in [6, 6.07) is 1.47. The Morgan fingerprint density at radius 2 is 2.20 bits per heavy atom. The summed E-state index contributed by atoms with van der Waals surface area (Å²) in [5, 5.41) is 11.8. The van der Waals surface area contributed by atoms with Gasteiger partial charge in [-0.05, 0) is 25.5 Å². The van der Waals surface area contributed by atoms with E-state index in [1.807, 2.05) is 0 Å². The van der Waals surface area contributed by atoms with Crippen molar-refractivity contribution in [2.24, 2.45) is 4.99 Å². The Balaban J connectivity index is 2.47. The Hall–Kier alpha value is -2.28. The van der Waals surface area contributed by atoms with E-state index in [1.54, 1.807) is 13.8 Å². The maximum Gasteiger partial charge on any atom is 0.338 e. The Labute approximate surface area is 115 Å². The second-order valence-electron chi connectivity index (χ2n) is 4.95. The van der Waals surface area contributed by atoms with Crippen molar-refractivity contribution < 1.29 is 19.4 Å². The molecule has 0 fully saturated rings. The Morgan fingerprint density at radius 1 is 1.50 bits per heavy atom. The number of carboxylic acid groups (broad SMARTS) is 1. The fourth-order valence-corrected chi connectivity index (χ4v) is 1.84. The predicted molar refractivity (Wildman–Crippen MR) is 70.7 cm³/mol. The van der Waals surface area contributed by atoms with Crippen LogP contribution in [0.4, 0.5) is 0 Å². The number of hydrogen-bond donors (Lipinski definition) is 2. The van der Waals surface area contributed by atoms with Crippen molar-refractivity contribution in [3.63, 3.8) is 0 Å². The zero-order valence-electron chi connectivity index (χ0n) is 11.4. The van der Waals surface area contributed by atoms with Gasteiger partial charge in [-0.2, -0.15) is 0 Å². The Kier molecular flexibility index (Phi) is 3.54. The van der Waals surface area contributed by atoms with Crippen molar-refractivity contribution in [2.45, 2.75) is 26.0 Å². The van der Waals surface area contributed by atoms with Crippen molar-refractivity contribution in [3.8, 4) is 0 Å². The molecule has 2 N–H and O–H groups in total. The summed E-state index contributed by atoms with van der Waals surface area (Å²) in [4.78, 5) is 31.3. The third kappa shape index (κ3) is 2.53. The normalized spacial score (nSPS) is 16.8. The molecule has 0 unspecified atom stereocenters. The molecular formula is C13H15N3O4. The molecule has 0 aliphatic carbocycles. The van der Waals surface area contributed by atoms with E-state index in [1.165, 1.54) is 19.4 Å². The number of methoxy groups -OCH3 is 1. The molecule has 1 amide bonds. The molecular weight excluding hydrogens is 262 g/mol. The first-order valence-corrected chi connectivity index (χ1v) is 5.98. The highest BCUT2D eigenvalue weighted by Crippen LogP contribution is 2.19. The van der Waals surface area contributed by atoms with Crippen LogP contribution in [0.25, 0.3) is 0 Å². The van der Waals surface area contributed by atoms with Gasteiger partial charge in [0.25, 0.3) is 5.91 Å². The van der Waals surface area contributed by atoms with E-state index < -0.39 is 11.5 Å². The number of carbonyl (C=O) groups is 2. The van der Waals surface area contributed by atoms with Gasteiger partial charge in [-0.15, -0.1) is 0 Å². The molecule has 1 aromatic heterocycles. The van der Waals surface area contributed by atoms with Gasteiger partial charge >= 0.3 is 5.97 Å². The Bertz CT molecular complexity index is 608. The lowest BCUT2D eigenvalue weighted by Gasteiger charge is -2.07. The van der Waals surface area contributed by atoms with Crippen molar-refractivity contribution in [1.82, 2.24) is 10.3 Å². The highest BCUT2D eigenvalue weighted by Gasteiger charge is 2.36. The van der Waals surface area contributed by atoms with Crippen LogP contribution in [0.15, 0.2) is 17.3 Å². The quantitative estimate of drug-likeness (QED) is 0.838. The summed E-state index contributed by atoms with van der Waals surface area (Å²) < 4.78 is 4.95. The largest absolute Gasteiger partial charge is 0.478 e. The first kappa shape index (κ1) is 14.1. The molecule has 0 aromatic carbocycles. The number of rotatable bonds is 4. The van der Waals surface area contributed by atoms with Crippen molar-refractivity contribution >= 4 is 17.7 Å². The number of carbonyl (C=O) groups excluding carboxylic acids is 1. The highest BCUT2D eigenvalue weighted by molar-refractivity contribution is 6.17. The van der Waals surface area contributed by atoms with E-state index in [2.05, 4.69) is 15.3 Å². The molecule has 106 valence electrons. The van der Waals surface area contributed by atoms with Gasteiger partial charge in [-0.1, -0.05) is 0 Å². The number of aromatic nitrogens is 1. The fraction of sp³-hybridized carbons (Fsp3) is 0.385. The second-order valence-corrected chi connectivity index (χ2v) is 4.95. The van der Waals surface area contributed by atoms with Crippen LogP contribution in [0, 0.1) is 0 Å².